The summed E-state index contributed by atoms with van der Waals surface area (Å²) in [6.07, 6.45) is 6.77. The van der Waals surface area contributed by atoms with Gasteiger partial charge in [0.25, 0.3) is 0 Å². The fourth-order valence-electron chi connectivity index (χ4n) is 12.2. The van der Waals surface area contributed by atoms with Crippen molar-refractivity contribution in [2.45, 2.75) is 106 Å². The number of amides is 5. The van der Waals surface area contributed by atoms with Crippen molar-refractivity contribution in [3.05, 3.63) is 92.1 Å². The van der Waals surface area contributed by atoms with Crippen molar-refractivity contribution < 1.29 is 28.4 Å². The first-order chi connectivity index (χ1) is 30.8. The number of imide groups is 1. The summed E-state index contributed by atoms with van der Waals surface area (Å²) in [7, 11) is 1.67. The van der Waals surface area contributed by atoms with Crippen molar-refractivity contribution in [2.75, 3.05) is 36.4 Å². The van der Waals surface area contributed by atoms with Crippen LogP contribution in [0.2, 0.25) is 10.0 Å². The van der Waals surface area contributed by atoms with Gasteiger partial charge in [0, 0.05) is 79.5 Å². The van der Waals surface area contributed by atoms with E-state index in [4.69, 9.17) is 23.2 Å². The van der Waals surface area contributed by atoms with E-state index in [0.29, 0.717) is 92.0 Å². The molecule has 2 aliphatic carbocycles. The third-order valence-corrected chi connectivity index (χ3v) is 15.8. The van der Waals surface area contributed by atoms with Crippen LogP contribution in [0, 0.1) is 11.7 Å². The smallest absolute Gasteiger partial charge is 0.329 e. The van der Waals surface area contributed by atoms with Crippen LogP contribution in [0.4, 0.5) is 15.8 Å². The van der Waals surface area contributed by atoms with Gasteiger partial charge in [-0.15, -0.1) is 0 Å². The van der Waals surface area contributed by atoms with Gasteiger partial charge in [0.1, 0.15) is 17.3 Å². The number of halogens is 3. The minimum absolute atomic E-state index is 0.0793. The van der Waals surface area contributed by atoms with E-state index >= 15 is 4.39 Å². The highest BCUT2D eigenvalue weighted by atomic mass is 35.5. The van der Waals surface area contributed by atoms with Gasteiger partial charge in [-0.25, -0.2) is 9.18 Å². The molecule has 3 saturated heterocycles. The molecule has 2 saturated carbocycles. The van der Waals surface area contributed by atoms with Crippen LogP contribution in [0.1, 0.15) is 93.7 Å². The van der Waals surface area contributed by atoms with Gasteiger partial charge in [-0.3, -0.25) is 43.7 Å². The van der Waals surface area contributed by atoms with Crippen LogP contribution < -0.4 is 31.9 Å². The number of carbonyl (C=O) groups is 5. The van der Waals surface area contributed by atoms with Crippen molar-refractivity contribution in [3.63, 3.8) is 0 Å². The number of aromatic nitrogens is 2. The second-order valence-electron chi connectivity index (χ2n) is 18.6. The highest BCUT2D eigenvalue weighted by Crippen LogP contribution is 2.63. The molecule has 4 aromatic rings. The summed E-state index contributed by atoms with van der Waals surface area (Å²) in [5.74, 6) is -3.06. The van der Waals surface area contributed by atoms with E-state index in [1.54, 1.807) is 31.3 Å². The zero-order valence-electron chi connectivity index (χ0n) is 35.6. The van der Waals surface area contributed by atoms with E-state index in [2.05, 4.69) is 26.2 Å². The van der Waals surface area contributed by atoms with Gasteiger partial charge < -0.3 is 20.4 Å². The molecule has 1 aromatic heterocycles. The van der Waals surface area contributed by atoms with Crippen molar-refractivity contribution in [1.82, 2.24) is 30.0 Å². The summed E-state index contributed by atoms with van der Waals surface area (Å²) in [5, 5.41) is 12.8. The summed E-state index contributed by atoms with van der Waals surface area (Å²) in [5.41, 5.74) is 1.21. The fourth-order valence-corrected chi connectivity index (χ4v) is 12.6. The maximum absolute atomic E-state index is 16.3. The van der Waals surface area contributed by atoms with Crippen LogP contribution >= 0.6 is 23.2 Å². The summed E-state index contributed by atoms with van der Waals surface area (Å²) in [6, 6.07) is 13.9. The minimum Gasteiger partial charge on any atom is -0.368 e. The van der Waals surface area contributed by atoms with E-state index in [9.17, 15) is 28.8 Å². The largest absolute Gasteiger partial charge is 0.368 e. The lowest BCUT2D eigenvalue weighted by Crippen LogP contribution is -2.60. The number of nitrogens with one attached hydrogen (secondary N) is 4. The first-order valence-electron chi connectivity index (χ1n) is 22.5. The van der Waals surface area contributed by atoms with Crippen LogP contribution in [-0.4, -0.2) is 87.4 Å². The zero-order chi connectivity index (χ0) is 44.7. The number of aryl methyl sites for hydroxylation is 1. The lowest BCUT2D eigenvalue weighted by atomic mass is 9.55. The number of benzene rings is 3. The maximum atomic E-state index is 16.3. The Bertz CT molecular complexity index is 2660. The second kappa shape index (κ2) is 16.3. The predicted molar refractivity (Wildman–Crippen MR) is 240 cm³/mol. The molecule has 0 radical (unpaired) electrons. The van der Waals surface area contributed by atoms with Gasteiger partial charge in [-0.2, -0.15) is 0 Å². The quantitative estimate of drug-likeness (QED) is 0.186. The molecule has 17 heteroatoms. The molecule has 1 unspecified atom stereocenters. The summed E-state index contributed by atoms with van der Waals surface area (Å²) in [4.78, 5) is 85.2. The first kappa shape index (κ1) is 42.7. The molecule has 5 fully saturated rings. The predicted octanol–water partition coefficient (Wildman–Crippen LogP) is 5.44. The number of imidazole rings is 1. The van der Waals surface area contributed by atoms with E-state index in [0.717, 1.165) is 24.9 Å². The number of piperidine rings is 1. The maximum Gasteiger partial charge on any atom is 0.329 e. The van der Waals surface area contributed by atoms with Gasteiger partial charge in [-0.1, -0.05) is 60.7 Å². The Morgan fingerprint density at radius 2 is 1.59 bits per heavy atom. The SMILES string of the molecule is Cn1c(=O)n(C2CCC(=O)NC2=O)c2ccc(N3CCN(C(=O)[C@H]4CC[C@H](NC(=O)[C@@H]5NC6(CCCCC6)[C@@]6(C(=O)Nc7cc(Cl)ccc76)[C@H]5c5cccc(Cl)c5F)CC4)CC3)cc21. The van der Waals surface area contributed by atoms with E-state index in [-0.39, 0.29) is 64.7 Å². The molecule has 0 bridgehead atoms. The molecule has 14 nitrogen and oxygen atoms in total. The molecule has 2 spiro atoms. The number of fused-ring (bicyclic) bond motifs is 4. The van der Waals surface area contributed by atoms with Gasteiger partial charge in [0.15, 0.2) is 0 Å². The van der Waals surface area contributed by atoms with Gasteiger partial charge in [0.05, 0.1) is 22.1 Å². The van der Waals surface area contributed by atoms with E-state index in [1.165, 1.54) is 15.2 Å². The van der Waals surface area contributed by atoms with E-state index in [1.807, 2.05) is 29.2 Å². The molecule has 6 aliphatic rings. The second-order valence-corrected chi connectivity index (χ2v) is 19.4. The molecule has 336 valence electrons. The monoisotopic (exact) mass is 912 g/mol. The number of carbonyl (C=O) groups excluding carboxylic acids is 5. The molecule has 4 aliphatic heterocycles. The molecule has 64 heavy (non-hydrogen) atoms. The van der Waals surface area contributed by atoms with Crippen LogP contribution in [0.3, 0.4) is 0 Å². The Morgan fingerprint density at radius 1 is 0.844 bits per heavy atom. The Kier molecular flexibility index (Phi) is 10.9. The molecular formula is C47H51Cl2FN8O6. The number of hydrogen-bond donors (Lipinski definition) is 4. The van der Waals surface area contributed by atoms with Crippen molar-refractivity contribution in [3.8, 4) is 0 Å². The highest BCUT2D eigenvalue weighted by Gasteiger charge is 2.72. The molecular weight excluding hydrogens is 862 g/mol. The van der Waals surface area contributed by atoms with Gasteiger partial charge in [0.2, 0.25) is 29.5 Å². The molecule has 5 amide bonds. The highest BCUT2D eigenvalue weighted by molar-refractivity contribution is 6.31. The van der Waals surface area contributed by atoms with Crippen molar-refractivity contribution in [1.29, 1.82) is 0 Å². The number of piperazine rings is 1. The van der Waals surface area contributed by atoms with Crippen LogP contribution in [0.5, 0.6) is 0 Å². The molecule has 4 atom stereocenters. The molecule has 10 rings (SSSR count). The van der Waals surface area contributed by atoms with Gasteiger partial charge >= 0.3 is 5.69 Å². The third-order valence-electron chi connectivity index (χ3n) is 15.3. The summed E-state index contributed by atoms with van der Waals surface area (Å²) >= 11 is 12.8. The van der Waals surface area contributed by atoms with Crippen LogP contribution in [0.25, 0.3) is 11.0 Å². The topological polar surface area (TPSA) is 167 Å². The van der Waals surface area contributed by atoms with E-state index < -0.39 is 40.7 Å². The molecule has 5 heterocycles. The Labute approximate surface area is 379 Å². The normalized spacial score (nSPS) is 27.8. The average Bonchev–Trinajstić information content (AvgIpc) is 3.84. The molecule has 3 aromatic carbocycles. The lowest BCUT2D eigenvalue weighted by Gasteiger charge is -2.47. The average molecular weight is 914 g/mol. The Morgan fingerprint density at radius 3 is 2.33 bits per heavy atom. The Hall–Kier alpha value is -5.25. The lowest BCUT2D eigenvalue weighted by molar-refractivity contribution is -0.137. The van der Waals surface area contributed by atoms with Crippen LogP contribution in [0.15, 0.2) is 59.4 Å². The fraction of sp³-hybridized carbons (Fsp3) is 0.489. The number of rotatable bonds is 6. The van der Waals surface area contributed by atoms with Crippen LogP contribution in [-0.2, 0) is 36.4 Å². The van der Waals surface area contributed by atoms with Gasteiger partial charge in [-0.05, 0) is 92.5 Å². The van der Waals surface area contributed by atoms with Crippen molar-refractivity contribution >= 4 is 75.1 Å². The zero-order valence-corrected chi connectivity index (χ0v) is 37.1. The minimum atomic E-state index is -1.32. The third kappa shape index (κ3) is 6.74. The number of nitrogens with zero attached hydrogens (tertiary/aromatic N) is 4. The number of anilines is 2. The summed E-state index contributed by atoms with van der Waals surface area (Å²) < 4.78 is 19.3. The Balaban J connectivity index is 0.815. The first-order valence-corrected chi connectivity index (χ1v) is 23.3. The number of hydrogen-bond acceptors (Lipinski definition) is 8. The standard InChI is InChI=1S/C47H51Cl2FN8O6/c1-55-36-25-29(13-15-34(36)58(45(55)64)35-16-17-37(59)53-41(35)60)56-20-22-57(23-21-56)43(62)26-8-11-28(12-9-26)51-42(61)40-38(30-6-5-7-32(49)39(30)50)47(46(54-40)18-3-2-4-19-46)31-14-10-27(48)24-33(31)52-44(47)63/h5-7,10,13-15,24-26,28,35,38,40,54H,2-4,8-9,11-12,16-23H2,1H3,(H,51,61)(H,52,63)(H,53,59,60)/t26-,28-,35?,38-,40+,47+/m0/s1. The molecule has 4 N–H and O–H groups in total. The summed E-state index contributed by atoms with van der Waals surface area (Å²) in [6.45, 7) is 2.27. The van der Waals surface area contributed by atoms with Crippen molar-refractivity contribution in [2.24, 2.45) is 13.0 Å².